The molecule has 0 fully saturated rings. The maximum atomic E-state index is 13.4. The summed E-state index contributed by atoms with van der Waals surface area (Å²) in [4.78, 5) is 0. The summed E-state index contributed by atoms with van der Waals surface area (Å²) in [6.45, 7) is 6.26. The lowest BCUT2D eigenvalue weighted by molar-refractivity contribution is 0.501. The van der Waals surface area contributed by atoms with E-state index in [4.69, 9.17) is 0 Å². The van der Waals surface area contributed by atoms with E-state index in [0.29, 0.717) is 5.92 Å². The molecule has 0 spiro atoms. The van der Waals surface area contributed by atoms with E-state index in [1.807, 2.05) is 12.1 Å². The predicted molar refractivity (Wildman–Crippen MR) is 57.4 cm³/mol. The van der Waals surface area contributed by atoms with Gasteiger partial charge in [-0.05, 0) is 29.5 Å². The molecule has 1 atom stereocenters. The van der Waals surface area contributed by atoms with Crippen LogP contribution in [0.1, 0.15) is 32.3 Å². The highest BCUT2D eigenvalue weighted by Gasteiger charge is 2.13. The lowest BCUT2D eigenvalue weighted by Gasteiger charge is -2.16. The van der Waals surface area contributed by atoms with Gasteiger partial charge in [0.15, 0.2) is 0 Å². The molecule has 0 amide bonds. The van der Waals surface area contributed by atoms with Crippen molar-refractivity contribution in [1.29, 1.82) is 0 Å². The Labute approximate surface area is 87.3 Å². The highest BCUT2D eigenvalue weighted by atomic mass is 79.9. The van der Waals surface area contributed by atoms with Gasteiger partial charge in [0.1, 0.15) is 5.82 Å². The highest BCUT2D eigenvalue weighted by Crippen LogP contribution is 2.27. The van der Waals surface area contributed by atoms with E-state index in [1.54, 1.807) is 0 Å². The van der Waals surface area contributed by atoms with Crippen molar-refractivity contribution in [3.8, 4) is 0 Å². The quantitative estimate of drug-likeness (QED) is 0.726. The zero-order valence-electron chi connectivity index (χ0n) is 8.14. The molecule has 0 bridgehead atoms. The summed E-state index contributed by atoms with van der Waals surface area (Å²) in [6, 6.07) is 5.26. The minimum Gasteiger partial charge on any atom is -0.207 e. The van der Waals surface area contributed by atoms with Gasteiger partial charge < -0.3 is 0 Å². The van der Waals surface area contributed by atoms with Crippen LogP contribution < -0.4 is 0 Å². The summed E-state index contributed by atoms with van der Waals surface area (Å²) in [7, 11) is 0. The van der Waals surface area contributed by atoms with Crippen LogP contribution >= 0.6 is 15.9 Å². The summed E-state index contributed by atoms with van der Waals surface area (Å²) in [6.07, 6.45) is 0. The minimum absolute atomic E-state index is 0.115. The second kappa shape index (κ2) is 4.23. The van der Waals surface area contributed by atoms with Crippen LogP contribution in [0, 0.1) is 11.7 Å². The van der Waals surface area contributed by atoms with E-state index in [9.17, 15) is 4.39 Å². The van der Waals surface area contributed by atoms with Crippen molar-refractivity contribution in [1.82, 2.24) is 0 Å². The topological polar surface area (TPSA) is 0 Å². The van der Waals surface area contributed by atoms with Crippen LogP contribution in [0.2, 0.25) is 0 Å². The third-order valence-electron chi connectivity index (χ3n) is 2.45. The van der Waals surface area contributed by atoms with Gasteiger partial charge in [-0.3, -0.25) is 0 Å². The van der Waals surface area contributed by atoms with Crippen LogP contribution in [0.5, 0.6) is 0 Å². The third-order valence-corrected chi connectivity index (χ3v) is 2.95. The number of hydrogen-bond acceptors (Lipinski definition) is 0. The molecule has 2 heteroatoms. The van der Waals surface area contributed by atoms with Gasteiger partial charge in [-0.2, -0.15) is 0 Å². The van der Waals surface area contributed by atoms with Gasteiger partial charge in [0, 0.05) is 4.47 Å². The Morgan fingerprint density at radius 1 is 1.23 bits per heavy atom. The molecular weight excluding hydrogens is 231 g/mol. The van der Waals surface area contributed by atoms with Crippen LogP contribution in [0.15, 0.2) is 22.7 Å². The Balaban J connectivity index is 3.01. The van der Waals surface area contributed by atoms with Crippen LogP contribution in [0.25, 0.3) is 0 Å². The number of benzene rings is 1. The van der Waals surface area contributed by atoms with Crippen molar-refractivity contribution in [2.45, 2.75) is 26.7 Å². The van der Waals surface area contributed by atoms with Gasteiger partial charge in [-0.25, -0.2) is 4.39 Å². The molecule has 72 valence electrons. The molecular formula is C11H14BrF. The average Bonchev–Trinajstić information content (AvgIpc) is 2.03. The van der Waals surface area contributed by atoms with E-state index in [0.717, 1.165) is 10.0 Å². The standard InChI is InChI=1S/C11H14BrF/c1-7(2)8(3)10-5-4-9(12)6-11(10)13/h4-8H,1-3H3. The molecule has 0 aromatic heterocycles. The maximum absolute atomic E-state index is 13.4. The molecule has 0 aliphatic carbocycles. The average molecular weight is 245 g/mol. The molecule has 0 aliphatic rings. The van der Waals surface area contributed by atoms with E-state index in [1.165, 1.54) is 6.07 Å². The zero-order chi connectivity index (χ0) is 10.0. The SMILES string of the molecule is CC(C)C(C)c1ccc(Br)cc1F. The number of halogens is 2. The fourth-order valence-corrected chi connectivity index (χ4v) is 1.56. The lowest BCUT2D eigenvalue weighted by atomic mass is 9.90. The summed E-state index contributed by atoms with van der Waals surface area (Å²) in [5.74, 6) is 0.624. The smallest absolute Gasteiger partial charge is 0.127 e. The minimum atomic E-state index is -0.115. The molecule has 0 N–H and O–H groups in total. The Bertz CT molecular complexity index is 294. The monoisotopic (exact) mass is 244 g/mol. The molecule has 0 saturated heterocycles. The van der Waals surface area contributed by atoms with E-state index >= 15 is 0 Å². The van der Waals surface area contributed by atoms with E-state index < -0.39 is 0 Å². The molecule has 0 saturated carbocycles. The first-order chi connectivity index (χ1) is 6.02. The van der Waals surface area contributed by atoms with Crippen LogP contribution in [-0.2, 0) is 0 Å². The highest BCUT2D eigenvalue weighted by molar-refractivity contribution is 9.10. The van der Waals surface area contributed by atoms with Gasteiger partial charge in [-0.15, -0.1) is 0 Å². The van der Waals surface area contributed by atoms with Crippen molar-refractivity contribution in [2.24, 2.45) is 5.92 Å². The second-order valence-corrected chi connectivity index (χ2v) is 4.61. The zero-order valence-corrected chi connectivity index (χ0v) is 9.73. The van der Waals surface area contributed by atoms with E-state index in [2.05, 4.69) is 36.7 Å². The van der Waals surface area contributed by atoms with Crippen LogP contribution in [0.3, 0.4) is 0 Å². The van der Waals surface area contributed by atoms with Crippen molar-refractivity contribution in [3.05, 3.63) is 34.1 Å². The Morgan fingerprint density at radius 2 is 1.85 bits per heavy atom. The van der Waals surface area contributed by atoms with Gasteiger partial charge >= 0.3 is 0 Å². The van der Waals surface area contributed by atoms with Gasteiger partial charge in [0.25, 0.3) is 0 Å². The first-order valence-corrected chi connectivity index (χ1v) is 5.26. The molecule has 1 aromatic rings. The van der Waals surface area contributed by atoms with Crippen molar-refractivity contribution in [3.63, 3.8) is 0 Å². The molecule has 1 rings (SSSR count). The molecule has 0 aliphatic heterocycles. The summed E-state index contributed by atoms with van der Waals surface area (Å²) < 4.78 is 14.2. The van der Waals surface area contributed by atoms with Crippen molar-refractivity contribution < 1.29 is 4.39 Å². The first kappa shape index (κ1) is 10.7. The Morgan fingerprint density at radius 3 is 2.31 bits per heavy atom. The van der Waals surface area contributed by atoms with Crippen molar-refractivity contribution >= 4 is 15.9 Å². The van der Waals surface area contributed by atoms with Gasteiger partial charge in [0.2, 0.25) is 0 Å². The van der Waals surface area contributed by atoms with Crippen LogP contribution in [-0.4, -0.2) is 0 Å². The molecule has 0 radical (unpaired) electrons. The molecule has 1 unspecified atom stereocenters. The van der Waals surface area contributed by atoms with Gasteiger partial charge in [-0.1, -0.05) is 42.8 Å². The number of rotatable bonds is 2. The van der Waals surface area contributed by atoms with Gasteiger partial charge in [0.05, 0.1) is 0 Å². The molecule has 0 heterocycles. The third kappa shape index (κ3) is 2.53. The summed E-state index contributed by atoms with van der Waals surface area (Å²) in [5.41, 5.74) is 0.804. The lowest BCUT2D eigenvalue weighted by Crippen LogP contribution is -2.04. The molecule has 13 heavy (non-hydrogen) atoms. The molecule has 1 aromatic carbocycles. The molecule has 0 nitrogen and oxygen atoms in total. The summed E-state index contributed by atoms with van der Waals surface area (Å²) in [5, 5.41) is 0. The first-order valence-electron chi connectivity index (χ1n) is 4.47. The second-order valence-electron chi connectivity index (χ2n) is 3.70. The largest absolute Gasteiger partial charge is 0.207 e. The maximum Gasteiger partial charge on any atom is 0.127 e. The van der Waals surface area contributed by atoms with E-state index in [-0.39, 0.29) is 11.7 Å². The van der Waals surface area contributed by atoms with Crippen LogP contribution in [0.4, 0.5) is 4.39 Å². The Hall–Kier alpha value is -0.370. The predicted octanol–water partition coefficient (Wildman–Crippen LogP) is 4.35. The fourth-order valence-electron chi connectivity index (χ4n) is 1.23. The Kier molecular flexibility index (Phi) is 3.48. The fraction of sp³-hybridized carbons (Fsp3) is 0.455. The normalized spacial score (nSPS) is 13.4. The number of hydrogen-bond donors (Lipinski definition) is 0. The summed E-state index contributed by atoms with van der Waals surface area (Å²) >= 11 is 3.24. The van der Waals surface area contributed by atoms with Crippen molar-refractivity contribution in [2.75, 3.05) is 0 Å².